The molecule has 0 atom stereocenters. The molecule has 4 rings (SSSR count). The highest BCUT2D eigenvalue weighted by Gasteiger charge is 2.18. The summed E-state index contributed by atoms with van der Waals surface area (Å²) in [5.41, 5.74) is 1.32. The fraction of sp³-hybridized carbons (Fsp3) is 0.640. The minimum atomic E-state index is 0.214. The number of nitrogens with zero attached hydrogens (tertiary/aromatic N) is 5. The molecule has 180 valence electrons. The number of anilines is 1. The molecule has 2 aromatic rings. The van der Waals surface area contributed by atoms with Gasteiger partial charge in [-0.3, -0.25) is 9.69 Å². The Hall–Kier alpha value is -2.61. The van der Waals surface area contributed by atoms with Crippen LogP contribution >= 0.6 is 0 Å². The van der Waals surface area contributed by atoms with Crippen molar-refractivity contribution in [2.45, 2.75) is 57.9 Å². The van der Waals surface area contributed by atoms with Crippen LogP contribution in [-0.2, 0) is 24.8 Å². The van der Waals surface area contributed by atoms with Crippen molar-refractivity contribution in [2.75, 3.05) is 44.6 Å². The van der Waals surface area contributed by atoms with Gasteiger partial charge < -0.3 is 15.0 Å². The number of amides is 1. The molecule has 1 aromatic heterocycles. The lowest BCUT2D eigenvalue weighted by Crippen LogP contribution is -2.29. The van der Waals surface area contributed by atoms with Crippen LogP contribution in [0.4, 0.5) is 5.95 Å². The number of hydrogen-bond donors (Lipinski definition) is 1. The highest BCUT2D eigenvalue weighted by atomic mass is 16.5. The maximum atomic E-state index is 12.2. The fourth-order valence-electron chi connectivity index (χ4n) is 4.61. The van der Waals surface area contributed by atoms with Crippen LogP contribution in [0.2, 0.25) is 0 Å². The van der Waals surface area contributed by atoms with E-state index in [2.05, 4.69) is 38.5 Å². The maximum Gasteiger partial charge on any atom is 0.223 e. The Kier molecular flexibility index (Phi) is 8.58. The number of rotatable bonds is 11. The molecule has 33 heavy (non-hydrogen) atoms. The van der Waals surface area contributed by atoms with E-state index in [1.807, 2.05) is 18.0 Å². The number of aromatic nitrogens is 3. The van der Waals surface area contributed by atoms with Gasteiger partial charge in [-0.25, -0.2) is 4.68 Å². The number of carbonyl (C=O) groups excluding carboxylic acids is 1. The predicted octanol–water partition coefficient (Wildman–Crippen LogP) is 3.24. The number of hydrogen-bond acceptors (Lipinski definition) is 6. The van der Waals surface area contributed by atoms with E-state index in [1.165, 1.54) is 37.9 Å². The van der Waals surface area contributed by atoms with Gasteiger partial charge in [0.15, 0.2) is 5.82 Å². The lowest BCUT2D eigenvalue weighted by atomic mass is 10.1. The molecular weight excluding hydrogens is 416 g/mol. The van der Waals surface area contributed by atoms with Crippen LogP contribution < -0.4 is 10.1 Å². The van der Waals surface area contributed by atoms with Crippen LogP contribution in [-0.4, -0.2) is 69.8 Å². The molecule has 2 fully saturated rings. The molecule has 0 unspecified atom stereocenters. The van der Waals surface area contributed by atoms with E-state index in [4.69, 9.17) is 4.74 Å². The van der Waals surface area contributed by atoms with Crippen LogP contribution in [0.1, 0.15) is 56.3 Å². The van der Waals surface area contributed by atoms with Gasteiger partial charge in [0.1, 0.15) is 5.75 Å². The highest BCUT2D eigenvalue weighted by Crippen LogP contribution is 2.18. The molecule has 0 bridgehead atoms. The second-order valence-corrected chi connectivity index (χ2v) is 9.18. The topological polar surface area (TPSA) is 75.5 Å². The van der Waals surface area contributed by atoms with Gasteiger partial charge in [-0.2, -0.15) is 10.1 Å². The van der Waals surface area contributed by atoms with E-state index in [-0.39, 0.29) is 5.91 Å². The van der Waals surface area contributed by atoms with E-state index in [9.17, 15) is 4.79 Å². The number of ether oxygens (including phenoxy) is 1. The molecule has 0 saturated carbocycles. The van der Waals surface area contributed by atoms with Crippen molar-refractivity contribution >= 4 is 11.9 Å². The third-order valence-electron chi connectivity index (χ3n) is 6.45. The number of benzene rings is 1. The van der Waals surface area contributed by atoms with Gasteiger partial charge in [-0.15, -0.1) is 0 Å². The van der Waals surface area contributed by atoms with Crippen LogP contribution in [0.3, 0.4) is 0 Å². The Balaban J connectivity index is 1.14. The van der Waals surface area contributed by atoms with Crippen LogP contribution in [0.25, 0.3) is 0 Å². The Morgan fingerprint density at radius 2 is 1.88 bits per heavy atom. The standard InChI is InChI=1S/C25H38N6O2/c1-29-25(27-23(28-29)11-12-24(32)31-16-5-6-17-31)26-13-8-18-33-22-10-7-9-21(19-22)20-30-14-3-2-4-15-30/h7,9-10,19H,2-6,8,11-18,20H2,1H3,(H,26,27,28). The van der Waals surface area contributed by atoms with E-state index >= 15 is 0 Å². The van der Waals surface area contributed by atoms with Crippen LogP contribution in [0.5, 0.6) is 5.75 Å². The number of aryl methyl sites for hydroxylation is 2. The summed E-state index contributed by atoms with van der Waals surface area (Å²) in [7, 11) is 1.88. The summed E-state index contributed by atoms with van der Waals surface area (Å²) >= 11 is 0. The molecular formula is C25H38N6O2. The average molecular weight is 455 g/mol. The summed E-state index contributed by atoms with van der Waals surface area (Å²) in [5, 5.41) is 7.79. The van der Waals surface area contributed by atoms with E-state index < -0.39 is 0 Å². The SMILES string of the molecule is Cn1nc(CCC(=O)N2CCCC2)nc1NCCCOc1cccc(CN2CCCCC2)c1. The van der Waals surface area contributed by atoms with E-state index in [1.54, 1.807) is 4.68 Å². The first-order valence-corrected chi connectivity index (χ1v) is 12.5. The molecule has 2 aliphatic heterocycles. The van der Waals surface area contributed by atoms with Crippen molar-refractivity contribution in [2.24, 2.45) is 7.05 Å². The number of piperidine rings is 1. The molecule has 1 N–H and O–H groups in total. The van der Waals surface area contributed by atoms with Crippen molar-refractivity contribution in [3.63, 3.8) is 0 Å². The average Bonchev–Trinajstić information content (AvgIpc) is 3.49. The predicted molar refractivity (Wildman–Crippen MR) is 129 cm³/mol. The van der Waals surface area contributed by atoms with Gasteiger partial charge in [-0.05, 0) is 62.9 Å². The molecule has 0 aliphatic carbocycles. The first kappa shape index (κ1) is 23.5. The van der Waals surface area contributed by atoms with Crippen molar-refractivity contribution in [1.29, 1.82) is 0 Å². The third kappa shape index (κ3) is 7.19. The second-order valence-electron chi connectivity index (χ2n) is 9.18. The zero-order valence-electron chi connectivity index (χ0n) is 20.0. The van der Waals surface area contributed by atoms with Gasteiger partial charge in [0, 0.05) is 46.1 Å². The molecule has 8 nitrogen and oxygen atoms in total. The summed E-state index contributed by atoms with van der Waals surface area (Å²) < 4.78 is 7.73. The molecule has 8 heteroatoms. The first-order valence-electron chi connectivity index (χ1n) is 12.5. The fourth-order valence-corrected chi connectivity index (χ4v) is 4.61. The summed E-state index contributed by atoms with van der Waals surface area (Å²) in [4.78, 5) is 21.3. The lowest BCUT2D eigenvalue weighted by Gasteiger charge is -2.26. The van der Waals surface area contributed by atoms with Gasteiger partial charge in [0.05, 0.1) is 6.61 Å². The number of carbonyl (C=O) groups is 1. The van der Waals surface area contributed by atoms with Crippen LogP contribution in [0.15, 0.2) is 24.3 Å². The second kappa shape index (κ2) is 12.0. The minimum Gasteiger partial charge on any atom is -0.494 e. The molecule has 2 saturated heterocycles. The maximum absolute atomic E-state index is 12.2. The number of nitrogens with one attached hydrogen (secondary N) is 1. The largest absolute Gasteiger partial charge is 0.494 e. The van der Waals surface area contributed by atoms with Crippen molar-refractivity contribution in [3.05, 3.63) is 35.7 Å². The minimum absolute atomic E-state index is 0.214. The van der Waals surface area contributed by atoms with Crippen molar-refractivity contribution in [3.8, 4) is 5.75 Å². The third-order valence-corrected chi connectivity index (χ3v) is 6.45. The molecule has 1 amide bonds. The monoisotopic (exact) mass is 454 g/mol. The Labute approximate surface area is 197 Å². The van der Waals surface area contributed by atoms with Gasteiger partial charge in [-0.1, -0.05) is 18.6 Å². The zero-order valence-corrected chi connectivity index (χ0v) is 20.0. The molecule has 0 radical (unpaired) electrons. The zero-order chi connectivity index (χ0) is 22.9. The van der Waals surface area contributed by atoms with Crippen molar-refractivity contribution in [1.82, 2.24) is 24.6 Å². The summed E-state index contributed by atoms with van der Waals surface area (Å²) in [6, 6.07) is 8.47. The van der Waals surface area contributed by atoms with E-state index in [0.29, 0.717) is 25.3 Å². The van der Waals surface area contributed by atoms with Gasteiger partial charge in [0.25, 0.3) is 0 Å². The quantitative estimate of drug-likeness (QED) is 0.526. The van der Waals surface area contributed by atoms with Gasteiger partial charge >= 0.3 is 0 Å². The summed E-state index contributed by atoms with van der Waals surface area (Å²) in [5.74, 6) is 2.61. The summed E-state index contributed by atoms with van der Waals surface area (Å²) in [6.07, 6.45) is 8.16. The normalized spacial score (nSPS) is 16.8. The van der Waals surface area contributed by atoms with Crippen LogP contribution in [0, 0.1) is 0 Å². The Morgan fingerprint density at radius 3 is 2.70 bits per heavy atom. The Morgan fingerprint density at radius 1 is 1.09 bits per heavy atom. The molecule has 1 aromatic carbocycles. The Bertz CT molecular complexity index is 887. The summed E-state index contributed by atoms with van der Waals surface area (Å²) in [6.45, 7) is 6.61. The van der Waals surface area contributed by atoms with E-state index in [0.717, 1.165) is 57.1 Å². The lowest BCUT2D eigenvalue weighted by molar-refractivity contribution is -0.130. The molecule has 0 spiro atoms. The number of likely N-dealkylation sites (tertiary alicyclic amines) is 2. The molecule has 3 heterocycles. The first-order chi connectivity index (χ1) is 16.2. The molecule has 2 aliphatic rings. The van der Waals surface area contributed by atoms with Crippen molar-refractivity contribution < 1.29 is 9.53 Å². The highest BCUT2D eigenvalue weighted by molar-refractivity contribution is 5.76. The smallest absolute Gasteiger partial charge is 0.223 e. The van der Waals surface area contributed by atoms with Gasteiger partial charge in [0.2, 0.25) is 11.9 Å².